The summed E-state index contributed by atoms with van der Waals surface area (Å²) in [5.74, 6) is -0.282. The average Bonchev–Trinajstić information content (AvgIpc) is 2.65. The number of carbonyl (C=O) groups excluding carboxylic acids is 1. The Morgan fingerprint density at radius 1 is 1.56 bits per heavy atom. The Morgan fingerprint density at radius 3 is 3.00 bits per heavy atom. The molecule has 16 heavy (non-hydrogen) atoms. The molecule has 2 nitrogen and oxygen atoms in total. The summed E-state index contributed by atoms with van der Waals surface area (Å²) in [6.07, 6.45) is 1.10. The number of likely N-dealkylation sites (tertiary alicyclic amines) is 1. The van der Waals surface area contributed by atoms with Crippen LogP contribution in [0.5, 0.6) is 0 Å². The zero-order chi connectivity index (χ0) is 11.5. The van der Waals surface area contributed by atoms with Crippen molar-refractivity contribution in [1.29, 1.82) is 0 Å². The van der Waals surface area contributed by atoms with E-state index < -0.39 is 0 Å². The summed E-state index contributed by atoms with van der Waals surface area (Å²) >= 11 is 5.93. The number of alkyl halides is 1. The lowest BCUT2D eigenvalue weighted by Gasteiger charge is -2.15. The third-order valence-electron chi connectivity index (χ3n) is 2.73. The number of carbonyl (C=O) groups is 1. The van der Waals surface area contributed by atoms with Gasteiger partial charge in [0.05, 0.1) is 11.8 Å². The zero-order valence-electron chi connectivity index (χ0n) is 8.83. The van der Waals surface area contributed by atoms with Crippen molar-refractivity contribution >= 4 is 17.5 Å². The van der Waals surface area contributed by atoms with E-state index in [2.05, 4.69) is 0 Å². The van der Waals surface area contributed by atoms with Crippen LogP contribution in [0.4, 0.5) is 4.39 Å². The number of hydrogen-bond donors (Lipinski definition) is 0. The smallest absolute Gasteiger partial charge is 0.227 e. The van der Waals surface area contributed by atoms with Crippen molar-refractivity contribution in [3.63, 3.8) is 0 Å². The van der Waals surface area contributed by atoms with Gasteiger partial charge in [0, 0.05) is 13.1 Å². The van der Waals surface area contributed by atoms with Gasteiger partial charge < -0.3 is 4.90 Å². The maximum Gasteiger partial charge on any atom is 0.227 e. The van der Waals surface area contributed by atoms with Gasteiger partial charge in [-0.15, -0.1) is 11.6 Å². The Hall–Kier alpha value is -1.09. The molecule has 2 rings (SSSR count). The fourth-order valence-corrected chi connectivity index (χ4v) is 2.14. The molecular weight excluding hydrogens is 229 g/mol. The molecule has 1 fully saturated rings. The topological polar surface area (TPSA) is 20.3 Å². The third kappa shape index (κ3) is 2.73. The van der Waals surface area contributed by atoms with Crippen molar-refractivity contribution in [2.45, 2.75) is 18.2 Å². The lowest BCUT2D eigenvalue weighted by atomic mass is 10.1. The fraction of sp³-hybridized carbons (Fsp3) is 0.417. The van der Waals surface area contributed by atoms with E-state index in [1.807, 2.05) is 0 Å². The molecule has 1 saturated heterocycles. The molecule has 1 heterocycles. The summed E-state index contributed by atoms with van der Waals surface area (Å²) in [7, 11) is 0. The molecule has 0 N–H and O–H groups in total. The van der Waals surface area contributed by atoms with Crippen LogP contribution in [-0.4, -0.2) is 29.3 Å². The van der Waals surface area contributed by atoms with Crippen molar-refractivity contribution in [3.8, 4) is 0 Å². The molecule has 1 unspecified atom stereocenters. The molecule has 4 heteroatoms. The lowest BCUT2D eigenvalue weighted by molar-refractivity contribution is -0.129. The maximum atomic E-state index is 12.9. The molecule has 0 bridgehead atoms. The highest BCUT2D eigenvalue weighted by atomic mass is 35.5. The van der Waals surface area contributed by atoms with Crippen LogP contribution in [0, 0.1) is 5.82 Å². The minimum Gasteiger partial charge on any atom is -0.341 e. The van der Waals surface area contributed by atoms with Crippen LogP contribution in [0.2, 0.25) is 0 Å². The zero-order valence-corrected chi connectivity index (χ0v) is 9.58. The Bertz CT molecular complexity index is 396. The first-order valence-corrected chi connectivity index (χ1v) is 5.75. The van der Waals surface area contributed by atoms with Crippen molar-refractivity contribution in [2.75, 3.05) is 13.1 Å². The molecule has 1 amide bonds. The van der Waals surface area contributed by atoms with Crippen LogP contribution in [0.3, 0.4) is 0 Å². The minimum absolute atomic E-state index is 0.0220. The maximum absolute atomic E-state index is 12.9. The number of halogens is 2. The third-order valence-corrected chi connectivity index (χ3v) is 3.08. The molecule has 1 aliphatic heterocycles. The highest BCUT2D eigenvalue weighted by Gasteiger charge is 2.24. The van der Waals surface area contributed by atoms with E-state index in [-0.39, 0.29) is 23.5 Å². The van der Waals surface area contributed by atoms with Gasteiger partial charge in [0.2, 0.25) is 5.91 Å². The van der Waals surface area contributed by atoms with Crippen molar-refractivity contribution in [3.05, 3.63) is 35.6 Å². The summed E-state index contributed by atoms with van der Waals surface area (Å²) in [5, 5.41) is 0.0662. The molecular formula is C12H13ClFNO. The van der Waals surface area contributed by atoms with Crippen LogP contribution in [-0.2, 0) is 11.2 Å². The number of hydrogen-bond acceptors (Lipinski definition) is 1. The number of benzene rings is 1. The molecule has 0 spiro atoms. The monoisotopic (exact) mass is 241 g/mol. The van der Waals surface area contributed by atoms with E-state index in [0.717, 1.165) is 6.42 Å². The highest BCUT2D eigenvalue weighted by Crippen LogP contribution is 2.16. The van der Waals surface area contributed by atoms with Gasteiger partial charge >= 0.3 is 0 Å². The number of rotatable bonds is 2. The molecule has 0 aliphatic carbocycles. The normalized spacial score (nSPS) is 20.1. The van der Waals surface area contributed by atoms with E-state index in [4.69, 9.17) is 11.6 Å². The average molecular weight is 242 g/mol. The van der Waals surface area contributed by atoms with E-state index in [9.17, 15) is 9.18 Å². The van der Waals surface area contributed by atoms with Crippen LogP contribution in [0.15, 0.2) is 24.3 Å². The van der Waals surface area contributed by atoms with Gasteiger partial charge in [-0.25, -0.2) is 4.39 Å². The molecule has 0 saturated carbocycles. The summed E-state index contributed by atoms with van der Waals surface area (Å²) in [6.45, 7) is 1.32. The predicted molar refractivity (Wildman–Crippen MR) is 60.9 cm³/mol. The Labute approximate surface area is 99.0 Å². The molecule has 86 valence electrons. The second-order valence-electron chi connectivity index (χ2n) is 4.03. The molecule has 0 aromatic heterocycles. The first kappa shape index (κ1) is 11.4. The highest BCUT2D eigenvalue weighted by molar-refractivity contribution is 6.21. The van der Waals surface area contributed by atoms with Crippen LogP contribution in [0.1, 0.15) is 12.0 Å². The van der Waals surface area contributed by atoms with Gasteiger partial charge in [-0.05, 0) is 24.1 Å². The fourth-order valence-electron chi connectivity index (χ4n) is 1.88. The second kappa shape index (κ2) is 4.83. The summed E-state index contributed by atoms with van der Waals surface area (Å²) in [4.78, 5) is 13.6. The van der Waals surface area contributed by atoms with Crippen LogP contribution in [0.25, 0.3) is 0 Å². The summed E-state index contributed by atoms with van der Waals surface area (Å²) in [6, 6.07) is 6.15. The van der Waals surface area contributed by atoms with E-state index in [1.165, 1.54) is 12.1 Å². The van der Waals surface area contributed by atoms with Gasteiger partial charge in [0.15, 0.2) is 0 Å². The van der Waals surface area contributed by atoms with Crippen molar-refractivity contribution in [1.82, 2.24) is 4.90 Å². The predicted octanol–water partition coefficient (Wildman–Crippen LogP) is 2.21. The Balaban J connectivity index is 1.97. The lowest BCUT2D eigenvalue weighted by Crippen LogP contribution is -2.30. The molecule has 1 aromatic rings. The van der Waals surface area contributed by atoms with Crippen LogP contribution < -0.4 is 0 Å². The van der Waals surface area contributed by atoms with Crippen molar-refractivity contribution in [2.24, 2.45) is 0 Å². The van der Waals surface area contributed by atoms with E-state index in [0.29, 0.717) is 18.7 Å². The molecule has 0 radical (unpaired) electrons. The quantitative estimate of drug-likeness (QED) is 0.727. The number of amides is 1. The minimum atomic E-state index is -0.304. The van der Waals surface area contributed by atoms with Gasteiger partial charge in [-0.1, -0.05) is 12.1 Å². The van der Waals surface area contributed by atoms with E-state index >= 15 is 0 Å². The second-order valence-corrected chi connectivity index (χ2v) is 4.65. The first-order chi connectivity index (χ1) is 7.65. The summed E-state index contributed by atoms with van der Waals surface area (Å²) in [5.41, 5.74) is 0.711. The van der Waals surface area contributed by atoms with Gasteiger partial charge in [-0.3, -0.25) is 4.79 Å². The molecule has 1 aliphatic rings. The number of nitrogens with zero attached hydrogens (tertiary/aromatic N) is 1. The van der Waals surface area contributed by atoms with Crippen LogP contribution >= 0.6 is 11.6 Å². The SMILES string of the molecule is O=C(Cc1cccc(F)c1)N1CCC(Cl)C1. The molecule has 1 aromatic carbocycles. The van der Waals surface area contributed by atoms with Gasteiger partial charge in [0.1, 0.15) is 5.82 Å². The van der Waals surface area contributed by atoms with Crippen molar-refractivity contribution < 1.29 is 9.18 Å². The summed E-state index contributed by atoms with van der Waals surface area (Å²) < 4.78 is 12.9. The van der Waals surface area contributed by atoms with Gasteiger partial charge in [-0.2, -0.15) is 0 Å². The standard InChI is InChI=1S/C12H13ClFNO/c13-10-4-5-15(8-10)12(16)7-9-2-1-3-11(14)6-9/h1-3,6,10H,4-5,7-8H2. The Kier molecular flexibility index (Phi) is 3.44. The first-order valence-electron chi connectivity index (χ1n) is 5.31. The largest absolute Gasteiger partial charge is 0.341 e. The van der Waals surface area contributed by atoms with E-state index in [1.54, 1.807) is 17.0 Å². The Morgan fingerprint density at radius 2 is 2.38 bits per heavy atom. The van der Waals surface area contributed by atoms with Gasteiger partial charge in [0.25, 0.3) is 0 Å². The molecule has 1 atom stereocenters.